The summed E-state index contributed by atoms with van der Waals surface area (Å²) in [5.74, 6) is 1.10. The van der Waals surface area contributed by atoms with Gasteiger partial charge in [-0.25, -0.2) is 0 Å². The number of anilines is 1. The Labute approximate surface area is 142 Å². The highest BCUT2D eigenvalue weighted by Crippen LogP contribution is 2.20. The number of guanidine groups is 1. The Hall–Kier alpha value is -1.55. The molecule has 0 amide bonds. The minimum absolute atomic E-state index is 0.504. The van der Waals surface area contributed by atoms with Crippen molar-refractivity contribution in [3.8, 4) is 0 Å². The van der Waals surface area contributed by atoms with Gasteiger partial charge in [-0.2, -0.15) is 0 Å². The molecule has 0 radical (unpaired) electrons. The van der Waals surface area contributed by atoms with Gasteiger partial charge in [0, 0.05) is 12.2 Å². The zero-order valence-electron chi connectivity index (χ0n) is 15.3. The van der Waals surface area contributed by atoms with Gasteiger partial charge in [0.2, 0.25) is 0 Å². The van der Waals surface area contributed by atoms with E-state index < -0.39 is 0 Å². The summed E-state index contributed by atoms with van der Waals surface area (Å²) in [6.45, 7) is 13.0. The van der Waals surface area contributed by atoms with Crippen LogP contribution in [0.3, 0.4) is 0 Å². The van der Waals surface area contributed by atoms with Gasteiger partial charge in [0.1, 0.15) is 0 Å². The van der Waals surface area contributed by atoms with Crippen molar-refractivity contribution in [2.75, 3.05) is 31.5 Å². The summed E-state index contributed by atoms with van der Waals surface area (Å²) in [7, 11) is 0. The van der Waals surface area contributed by atoms with Crippen LogP contribution in [-0.2, 0) is 0 Å². The summed E-state index contributed by atoms with van der Waals surface area (Å²) in [4.78, 5) is 6.84. The van der Waals surface area contributed by atoms with Crippen LogP contribution in [0.2, 0.25) is 0 Å². The molecule has 3 N–H and O–H groups in total. The average molecular weight is 319 g/mol. The van der Waals surface area contributed by atoms with Crippen molar-refractivity contribution in [2.24, 2.45) is 10.7 Å². The third-order valence-corrected chi connectivity index (χ3v) is 4.42. The highest BCUT2D eigenvalue weighted by Gasteiger charge is 2.03. The molecule has 0 spiro atoms. The van der Waals surface area contributed by atoms with Crippen LogP contribution in [0.4, 0.5) is 5.69 Å². The Morgan fingerprint density at radius 3 is 2.35 bits per heavy atom. The first kappa shape index (κ1) is 19.5. The van der Waals surface area contributed by atoms with Gasteiger partial charge in [0.25, 0.3) is 0 Å². The number of rotatable bonds is 10. The van der Waals surface area contributed by atoms with E-state index >= 15 is 0 Å². The molecule has 0 aliphatic heterocycles. The summed E-state index contributed by atoms with van der Waals surface area (Å²) < 4.78 is 0. The lowest BCUT2D eigenvalue weighted by molar-refractivity contribution is 0.298. The van der Waals surface area contributed by atoms with Crippen LogP contribution in [0.25, 0.3) is 0 Å². The van der Waals surface area contributed by atoms with Crippen LogP contribution in [-0.4, -0.2) is 37.0 Å². The lowest BCUT2D eigenvalue weighted by Gasteiger charge is -2.17. The van der Waals surface area contributed by atoms with E-state index in [1.54, 1.807) is 0 Å². The molecule has 1 aromatic rings. The fraction of sp³-hybridized carbons (Fsp3) is 0.632. The molecule has 0 heterocycles. The highest BCUT2D eigenvalue weighted by molar-refractivity contribution is 5.92. The molecule has 0 bridgehead atoms. The van der Waals surface area contributed by atoms with Crippen molar-refractivity contribution in [3.63, 3.8) is 0 Å². The lowest BCUT2D eigenvalue weighted by Crippen LogP contribution is -2.24. The number of hydrogen-bond acceptors (Lipinski definition) is 2. The Morgan fingerprint density at radius 1 is 1.13 bits per heavy atom. The maximum atomic E-state index is 5.95. The standard InChI is InChI=1S/C19H34N4/c1-5-16(4)17-10-12-18(13-11-17)22-19(20)21-14-8-9-15-23(6-2)7-3/h10-13,16H,5-9,14-15H2,1-4H3,(H3,20,21,22). The Morgan fingerprint density at radius 2 is 1.78 bits per heavy atom. The van der Waals surface area contributed by atoms with E-state index in [1.807, 2.05) is 0 Å². The second-order valence-electron chi connectivity index (χ2n) is 6.06. The van der Waals surface area contributed by atoms with E-state index in [2.05, 4.69) is 67.2 Å². The third-order valence-electron chi connectivity index (χ3n) is 4.42. The Kier molecular flexibility index (Phi) is 9.37. The van der Waals surface area contributed by atoms with Crippen LogP contribution >= 0.6 is 0 Å². The molecule has 1 rings (SSSR count). The minimum Gasteiger partial charge on any atom is -0.370 e. The van der Waals surface area contributed by atoms with E-state index in [9.17, 15) is 0 Å². The van der Waals surface area contributed by atoms with Gasteiger partial charge in [-0.1, -0.05) is 39.8 Å². The maximum Gasteiger partial charge on any atom is 0.193 e. The summed E-state index contributed by atoms with van der Waals surface area (Å²) in [6, 6.07) is 8.47. The van der Waals surface area contributed by atoms with E-state index in [0.29, 0.717) is 11.9 Å². The van der Waals surface area contributed by atoms with Crippen LogP contribution in [0.1, 0.15) is 58.4 Å². The lowest BCUT2D eigenvalue weighted by atomic mass is 9.99. The van der Waals surface area contributed by atoms with Crippen LogP contribution < -0.4 is 11.1 Å². The summed E-state index contributed by atoms with van der Waals surface area (Å²) in [6.07, 6.45) is 3.40. The second kappa shape index (κ2) is 11.1. The molecule has 4 heteroatoms. The van der Waals surface area contributed by atoms with Gasteiger partial charge in [-0.3, -0.25) is 4.99 Å². The first-order valence-corrected chi connectivity index (χ1v) is 8.99. The molecule has 0 aliphatic rings. The average Bonchev–Trinajstić information content (AvgIpc) is 2.58. The number of unbranched alkanes of at least 4 members (excludes halogenated alkanes) is 1. The largest absolute Gasteiger partial charge is 0.370 e. The maximum absolute atomic E-state index is 5.95. The van der Waals surface area contributed by atoms with E-state index in [-0.39, 0.29) is 0 Å². The molecule has 1 atom stereocenters. The topological polar surface area (TPSA) is 53.6 Å². The molecule has 0 aromatic heterocycles. The molecule has 1 unspecified atom stereocenters. The third kappa shape index (κ3) is 7.51. The molecular weight excluding hydrogens is 284 g/mol. The zero-order chi connectivity index (χ0) is 17.1. The minimum atomic E-state index is 0.504. The van der Waals surface area contributed by atoms with Gasteiger partial charge >= 0.3 is 0 Å². The van der Waals surface area contributed by atoms with Gasteiger partial charge in [0.15, 0.2) is 5.96 Å². The second-order valence-corrected chi connectivity index (χ2v) is 6.06. The SMILES string of the molecule is CCC(C)c1ccc(NC(N)=NCCCCN(CC)CC)cc1. The number of hydrogen-bond donors (Lipinski definition) is 2. The van der Waals surface area contributed by atoms with E-state index in [1.165, 1.54) is 12.0 Å². The highest BCUT2D eigenvalue weighted by atomic mass is 15.1. The predicted octanol–water partition coefficient (Wildman–Crippen LogP) is 4.05. The van der Waals surface area contributed by atoms with Crippen molar-refractivity contribution >= 4 is 11.6 Å². The van der Waals surface area contributed by atoms with Gasteiger partial charge in [-0.05, 0) is 62.5 Å². The van der Waals surface area contributed by atoms with Crippen molar-refractivity contribution < 1.29 is 0 Å². The summed E-state index contributed by atoms with van der Waals surface area (Å²) in [5, 5.41) is 3.17. The van der Waals surface area contributed by atoms with Crippen molar-refractivity contribution in [3.05, 3.63) is 29.8 Å². The molecular formula is C19H34N4. The van der Waals surface area contributed by atoms with Gasteiger partial charge < -0.3 is 16.0 Å². The molecule has 0 saturated carbocycles. The predicted molar refractivity (Wildman–Crippen MR) is 102 cm³/mol. The van der Waals surface area contributed by atoms with Crippen LogP contribution in [0.5, 0.6) is 0 Å². The van der Waals surface area contributed by atoms with Crippen molar-refractivity contribution in [1.29, 1.82) is 0 Å². The van der Waals surface area contributed by atoms with Gasteiger partial charge in [-0.15, -0.1) is 0 Å². The Bertz CT molecular complexity index is 449. The fourth-order valence-corrected chi connectivity index (χ4v) is 2.50. The first-order valence-electron chi connectivity index (χ1n) is 8.99. The molecule has 0 saturated heterocycles. The number of nitrogens with two attached hydrogens (primary N) is 1. The summed E-state index contributed by atoms with van der Waals surface area (Å²) >= 11 is 0. The van der Waals surface area contributed by atoms with Crippen molar-refractivity contribution in [2.45, 2.75) is 52.9 Å². The number of benzene rings is 1. The monoisotopic (exact) mass is 318 g/mol. The molecule has 130 valence electrons. The zero-order valence-corrected chi connectivity index (χ0v) is 15.3. The smallest absolute Gasteiger partial charge is 0.193 e. The summed E-state index contributed by atoms with van der Waals surface area (Å²) in [5.41, 5.74) is 8.32. The number of aliphatic imine (C=N–C) groups is 1. The molecule has 4 nitrogen and oxygen atoms in total. The van der Waals surface area contributed by atoms with Gasteiger partial charge in [0.05, 0.1) is 0 Å². The molecule has 0 fully saturated rings. The van der Waals surface area contributed by atoms with Crippen molar-refractivity contribution in [1.82, 2.24) is 4.90 Å². The molecule has 0 aliphatic carbocycles. The normalized spacial score (nSPS) is 13.3. The quantitative estimate of drug-likeness (QED) is 0.389. The number of nitrogens with zero attached hydrogens (tertiary/aromatic N) is 2. The van der Waals surface area contributed by atoms with E-state index in [0.717, 1.165) is 44.7 Å². The fourth-order valence-electron chi connectivity index (χ4n) is 2.50. The number of nitrogens with one attached hydrogen (secondary N) is 1. The Balaban J connectivity index is 2.33. The first-order chi connectivity index (χ1) is 11.1. The molecule has 23 heavy (non-hydrogen) atoms. The van der Waals surface area contributed by atoms with Crippen LogP contribution in [0.15, 0.2) is 29.3 Å². The molecule has 1 aromatic carbocycles. The van der Waals surface area contributed by atoms with E-state index in [4.69, 9.17) is 5.73 Å². The van der Waals surface area contributed by atoms with Crippen LogP contribution in [0, 0.1) is 0 Å².